The topological polar surface area (TPSA) is 81.0 Å². The Morgan fingerprint density at radius 3 is 2.35 bits per heavy atom. The van der Waals surface area contributed by atoms with E-state index in [-0.39, 0.29) is 17.8 Å². The lowest BCUT2D eigenvalue weighted by Gasteiger charge is -2.31. The van der Waals surface area contributed by atoms with E-state index in [0.717, 1.165) is 10.4 Å². The molecule has 0 saturated carbocycles. The molecule has 2 heterocycles. The zero-order valence-corrected chi connectivity index (χ0v) is 22.9. The summed E-state index contributed by atoms with van der Waals surface area (Å²) in [4.78, 5) is 45.3. The van der Waals surface area contributed by atoms with Gasteiger partial charge in [-0.3, -0.25) is 14.4 Å². The lowest BCUT2D eigenvalue weighted by Crippen LogP contribution is -2.40. The van der Waals surface area contributed by atoms with Crippen LogP contribution in [0.1, 0.15) is 50.9 Å². The zero-order valence-electron chi connectivity index (χ0n) is 20.6. The van der Waals surface area contributed by atoms with Gasteiger partial charge in [-0.15, -0.1) is 11.3 Å². The molecule has 0 bridgehead atoms. The lowest BCUT2D eigenvalue weighted by atomic mass is 9.96. The third kappa shape index (κ3) is 6.69. The third-order valence-corrected chi connectivity index (χ3v) is 7.83. The second-order valence-electron chi connectivity index (χ2n) is 8.81. The standard InChI is InChI=1S/C27H27Cl2N3O4S/c1-3-36-26(35)20-10-12-31(13-11-20)25(34)19-6-4-18(5-7-19)16-32-15-17(2)37-27(32)30-24(33)21-8-9-22(28)23(29)14-21/h4-9,14-15,20H,3,10-13,16H2,1-2H3. The van der Waals surface area contributed by atoms with Gasteiger partial charge in [0.2, 0.25) is 0 Å². The first-order valence-corrected chi connectivity index (χ1v) is 13.6. The molecule has 1 aliphatic rings. The summed E-state index contributed by atoms with van der Waals surface area (Å²) >= 11 is 13.4. The number of esters is 1. The van der Waals surface area contributed by atoms with Gasteiger partial charge >= 0.3 is 5.97 Å². The minimum absolute atomic E-state index is 0.0456. The Balaban J connectivity index is 1.43. The van der Waals surface area contributed by atoms with Gasteiger partial charge in [-0.2, -0.15) is 4.99 Å². The SMILES string of the molecule is CCOC(=O)C1CCN(C(=O)c2ccc(Cn3cc(C)sc3=NC(=O)c3ccc(Cl)c(Cl)c3)cc2)CC1. The van der Waals surface area contributed by atoms with Crippen molar-refractivity contribution in [3.8, 4) is 0 Å². The number of likely N-dealkylation sites (tertiary alicyclic amines) is 1. The summed E-state index contributed by atoms with van der Waals surface area (Å²) in [5, 5.41) is 0.680. The van der Waals surface area contributed by atoms with Gasteiger partial charge in [0, 0.05) is 41.8 Å². The number of ether oxygens (including phenoxy) is 1. The quantitative estimate of drug-likeness (QED) is 0.380. The molecule has 0 radical (unpaired) electrons. The highest BCUT2D eigenvalue weighted by molar-refractivity contribution is 7.09. The lowest BCUT2D eigenvalue weighted by molar-refractivity contribution is -0.149. The second-order valence-corrected chi connectivity index (χ2v) is 10.8. The summed E-state index contributed by atoms with van der Waals surface area (Å²) in [6.07, 6.45) is 3.17. The average Bonchev–Trinajstić information content (AvgIpc) is 3.23. The number of hydrogen-bond acceptors (Lipinski definition) is 5. The fourth-order valence-corrected chi connectivity index (χ4v) is 5.32. The summed E-state index contributed by atoms with van der Waals surface area (Å²) in [5.74, 6) is -0.761. The van der Waals surface area contributed by atoms with Gasteiger partial charge in [0.25, 0.3) is 11.8 Å². The highest BCUT2D eigenvalue weighted by atomic mass is 35.5. The maximum atomic E-state index is 13.0. The van der Waals surface area contributed by atoms with Crippen LogP contribution < -0.4 is 4.80 Å². The van der Waals surface area contributed by atoms with Crippen LogP contribution in [0.5, 0.6) is 0 Å². The first-order valence-electron chi connectivity index (χ1n) is 12.0. The van der Waals surface area contributed by atoms with Crippen LogP contribution >= 0.6 is 34.5 Å². The first kappa shape index (κ1) is 27.1. The van der Waals surface area contributed by atoms with Crippen molar-refractivity contribution in [3.05, 3.63) is 85.1 Å². The molecule has 2 amide bonds. The monoisotopic (exact) mass is 559 g/mol. The molecule has 2 aromatic carbocycles. The van der Waals surface area contributed by atoms with Gasteiger partial charge in [-0.1, -0.05) is 35.3 Å². The molecule has 7 nitrogen and oxygen atoms in total. The molecular weight excluding hydrogens is 533 g/mol. The molecule has 37 heavy (non-hydrogen) atoms. The number of halogens is 2. The molecule has 0 N–H and O–H groups in total. The van der Waals surface area contributed by atoms with Crippen LogP contribution in [0.15, 0.2) is 53.7 Å². The van der Waals surface area contributed by atoms with E-state index in [9.17, 15) is 14.4 Å². The molecule has 4 rings (SSSR count). The van der Waals surface area contributed by atoms with E-state index >= 15 is 0 Å². The fraction of sp³-hybridized carbons (Fsp3) is 0.333. The Labute approximate surface area is 229 Å². The molecule has 1 saturated heterocycles. The van der Waals surface area contributed by atoms with E-state index in [1.165, 1.54) is 17.4 Å². The van der Waals surface area contributed by atoms with Crippen molar-refractivity contribution in [1.29, 1.82) is 0 Å². The van der Waals surface area contributed by atoms with Gasteiger partial charge in [0.1, 0.15) is 0 Å². The van der Waals surface area contributed by atoms with E-state index in [1.54, 1.807) is 24.0 Å². The van der Waals surface area contributed by atoms with Gasteiger partial charge in [0.05, 0.1) is 22.6 Å². The summed E-state index contributed by atoms with van der Waals surface area (Å²) in [5.41, 5.74) is 1.93. The van der Waals surface area contributed by atoms with Crippen LogP contribution in [-0.4, -0.2) is 46.9 Å². The molecule has 1 fully saturated rings. The molecule has 10 heteroatoms. The van der Waals surface area contributed by atoms with Crippen molar-refractivity contribution >= 4 is 52.3 Å². The average molecular weight is 561 g/mol. The van der Waals surface area contributed by atoms with Crippen LogP contribution in [0, 0.1) is 12.8 Å². The van der Waals surface area contributed by atoms with Crippen LogP contribution in [0.25, 0.3) is 0 Å². The molecule has 0 atom stereocenters. The predicted octanol–water partition coefficient (Wildman–Crippen LogP) is 5.37. The number of hydrogen-bond donors (Lipinski definition) is 0. The number of aromatic nitrogens is 1. The van der Waals surface area contributed by atoms with E-state index in [4.69, 9.17) is 27.9 Å². The molecule has 194 valence electrons. The number of benzene rings is 2. The van der Waals surface area contributed by atoms with E-state index in [0.29, 0.717) is 65.1 Å². The number of rotatable bonds is 6. The van der Waals surface area contributed by atoms with Crippen LogP contribution in [0.3, 0.4) is 0 Å². The van der Waals surface area contributed by atoms with Crippen molar-refractivity contribution < 1.29 is 19.1 Å². The summed E-state index contributed by atoms with van der Waals surface area (Å²) in [7, 11) is 0. The highest BCUT2D eigenvalue weighted by Gasteiger charge is 2.28. The Morgan fingerprint density at radius 2 is 1.70 bits per heavy atom. The van der Waals surface area contributed by atoms with E-state index in [2.05, 4.69) is 4.99 Å². The number of carbonyl (C=O) groups excluding carboxylic acids is 3. The number of carbonyl (C=O) groups is 3. The number of piperidine rings is 1. The number of aryl methyl sites for hydroxylation is 1. The smallest absolute Gasteiger partial charge is 0.309 e. The zero-order chi connectivity index (χ0) is 26.5. The largest absolute Gasteiger partial charge is 0.466 e. The van der Waals surface area contributed by atoms with Gasteiger partial charge in [-0.05, 0) is 62.6 Å². The normalized spacial score (nSPS) is 14.6. The number of nitrogens with zero attached hydrogens (tertiary/aromatic N) is 3. The van der Waals surface area contributed by atoms with Gasteiger partial charge in [0.15, 0.2) is 4.80 Å². The van der Waals surface area contributed by atoms with Crippen LogP contribution in [-0.2, 0) is 16.1 Å². The van der Waals surface area contributed by atoms with Crippen LogP contribution in [0.4, 0.5) is 0 Å². The Bertz CT molecular complexity index is 1370. The Hall–Kier alpha value is -2.94. The molecular formula is C27H27Cl2N3O4S. The first-order chi connectivity index (χ1) is 17.7. The fourth-order valence-electron chi connectivity index (χ4n) is 4.19. The molecule has 0 spiro atoms. The predicted molar refractivity (Wildman–Crippen MR) is 144 cm³/mol. The summed E-state index contributed by atoms with van der Waals surface area (Å²) < 4.78 is 7.02. The van der Waals surface area contributed by atoms with Crippen molar-refractivity contribution in [2.45, 2.75) is 33.2 Å². The van der Waals surface area contributed by atoms with Crippen molar-refractivity contribution in [2.24, 2.45) is 10.9 Å². The summed E-state index contributed by atoms with van der Waals surface area (Å²) in [6.45, 7) is 5.69. The molecule has 0 unspecified atom stereocenters. The second kappa shape index (κ2) is 12.1. The van der Waals surface area contributed by atoms with Crippen molar-refractivity contribution in [2.75, 3.05) is 19.7 Å². The van der Waals surface area contributed by atoms with Gasteiger partial charge < -0.3 is 14.2 Å². The van der Waals surface area contributed by atoms with Crippen molar-refractivity contribution in [1.82, 2.24) is 9.47 Å². The minimum atomic E-state index is -0.401. The number of thiazole rings is 1. The third-order valence-electron chi connectivity index (χ3n) is 6.16. The van der Waals surface area contributed by atoms with E-state index in [1.807, 2.05) is 42.0 Å². The molecule has 0 aliphatic carbocycles. The van der Waals surface area contributed by atoms with Gasteiger partial charge in [-0.25, -0.2) is 0 Å². The van der Waals surface area contributed by atoms with Crippen molar-refractivity contribution in [3.63, 3.8) is 0 Å². The Kier molecular flexibility index (Phi) is 8.84. The molecule has 3 aromatic rings. The molecule has 1 aliphatic heterocycles. The minimum Gasteiger partial charge on any atom is -0.466 e. The maximum Gasteiger partial charge on any atom is 0.309 e. The number of amides is 2. The maximum absolute atomic E-state index is 13.0. The molecule has 1 aromatic heterocycles. The van der Waals surface area contributed by atoms with E-state index < -0.39 is 5.91 Å². The Morgan fingerprint density at radius 1 is 1.03 bits per heavy atom. The summed E-state index contributed by atoms with van der Waals surface area (Å²) in [6, 6.07) is 12.1. The van der Waals surface area contributed by atoms with Crippen LogP contribution in [0.2, 0.25) is 10.0 Å². The highest BCUT2D eigenvalue weighted by Crippen LogP contribution is 2.23.